The number of nitrogens with zero attached hydrogens (tertiary/aromatic N) is 3. The van der Waals surface area contributed by atoms with Gasteiger partial charge in [-0.3, -0.25) is 14.9 Å². The molecule has 0 unspecified atom stereocenters. The van der Waals surface area contributed by atoms with Crippen LogP contribution < -0.4 is 0 Å². The Kier molecular flexibility index (Phi) is 5.99. The van der Waals surface area contributed by atoms with E-state index in [4.69, 9.17) is 0 Å². The summed E-state index contributed by atoms with van der Waals surface area (Å²) in [5, 5.41) is 10.9. The molecule has 0 N–H and O–H groups in total. The molecule has 1 fully saturated rings. The minimum atomic E-state index is -3.86. The van der Waals surface area contributed by atoms with E-state index in [1.807, 2.05) is 12.1 Å². The molecule has 2 aromatic carbocycles. The van der Waals surface area contributed by atoms with Crippen molar-refractivity contribution in [3.63, 3.8) is 0 Å². The first-order chi connectivity index (χ1) is 13.7. The fourth-order valence-corrected chi connectivity index (χ4v) is 4.69. The van der Waals surface area contributed by atoms with E-state index in [0.717, 1.165) is 11.6 Å². The molecule has 0 saturated carbocycles. The molecule has 1 aliphatic heterocycles. The summed E-state index contributed by atoms with van der Waals surface area (Å²) in [6, 6.07) is 12.5. The first-order valence-electron chi connectivity index (χ1n) is 9.34. The number of rotatable bonds is 5. The summed E-state index contributed by atoms with van der Waals surface area (Å²) < 4.78 is 26.9. The molecule has 0 radical (unpaired) electrons. The molecule has 154 valence electrons. The summed E-state index contributed by atoms with van der Waals surface area (Å²) >= 11 is 0. The van der Waals surface area contributed by atoms with Crippen LogP contribution in [-0.4, -0.2) is 54.6 Å². The fraction of sp³-hybridized carbons (Fsp3) is 0.350. The number of nitro benzene ring substituents is 1. The number of hydrogen-bond acceptors (Lipinski definition) is 5. The predicted molar refractivity (Wildman–Crippen MR) is 108 cm³/mol. The molecule has 0 atom stereocenters. The number of sulfonamides is 1. The van der Waals surface area contributed by atoms with Gasteiger partial charge in [0.15, 0.2) is 0 Å². The molecule has 1 saturated heterocycles. The first-order valence-corrected chi connectivity index (χ1v) is 10.8. The quantitative estimate of drug-likeness (QED) is 0.550. The average molecular weight is 417 g/mol. The van der Waals surface area contributed by atoms with Gasteiger partial charge in [-0.2, -0.15) is 4.31 Å². The van der Waals surface area contributed by atoms with Crippen LogP contribution in [0.1, 0.15) is 35.7 Å². The Labute approximate surface area is 169 Å². The summed E-state index contributed by atoms with van der Waals surface area (Å²) in [5.41, 5.74) is 1.45. The minimum absolute atomic E-state index is 0.115. The molecule has 1 amide bonds. The standard InChI is InChI=1S/C20H23N3O5S/c1-15(2)16-6-8-17(9-7-16)20(24)21-10-12-22(13-11-21)29(27,28)19-5-3-4-18(14-19)23(25)26/h3-9,14-15H,10-13H2,1-2H3. The van der Waals surface area contributed by atoms with Gasteiger partial charge in [0.1, 0.15) is 0 Å². The highest BCUT2D eigenvalue weighted by molar-refractivity contribution is 7.89. The second kappa shape index (κ2) is 8.30. The van der Waals surface area contributed by atoms with Crippen molar-refractivity contribution in [3.8, 4) is 0 Å². The highest BCUT2D eigenvalue weighted by Gasteiger charge is 2.31. The number of non-ortho nitro benzene ring substituents is 1. The molecule has 0 aromatic heterocycles. The molecule has 2 aromatic rings. The van der Waals surface area contributed by atoms with Gasteiger partial charge in [0.25, 0.3) is 11.6 Å². The number of carbonyl (C=O) groups excluding carboxylic acids is 1. The van der Waals surface area contributed by atoms with Crippen LogP contribution in [0.15, 0.2) is 53.4 Å². The van der Waals surface area contributed by atoms with E-state index in [9.17, 15) is 23.3 Å². The SMILES string of the molecule is CC(C)c1ccc(C(=O)N2CCN(S(=O)(=O)c3cccc([N+](=O)[O-])c3)CC2)cc1. The van der Waals surface area contributed by atoms with Crippen molar-refractivity contribution >= 4 is 21.6 Å². The smallest absolute Gasteiger partial charge is 0.270 e. The zero-order valence-electron chi connectivity index (χ0n) is 16.3. The topological polar surface area (TPSA) is 101 Å². The fourth-order valence-electron chi connectivity index (χ4n) is 3.23. The number of hydrogen-bond donors (Lipinski definition) is 0. The van der Waals surface area contributed by atoms with Crippen LogP contribution in [0.2, 0.25) is 0 Å². The van der Waals surface area contributed by atoms with Crippen molar-refractivity contribution in [1.82, 2.24) is 9.21 Å². The van der Waals surface area contributed by atoms with Gasteiger partial charge in [-0.05, 0) is 29.7 Å². The Morgan fingerprint density at radius 3 is 2.21 bits per heavy atom. The third-order valence-corrected chi connectivity index (χ3v) is 6.91. The molecule has 0 spiro atoms. The number of nitro groups is 1. The van der Waals surface area contributed by atoms with Crippen molar-refractivity contribution < 1.29 is 18.1 Å². The zero-order valence-corrected chi connectivity index (χ0v) is 17.1. The average Bonchev–Trinajstić information content (AvgIpc) is 2.73. The third kappa shape index (κ3) is 4.46. The molecule has 0 bridgehead atoms. The van der Waals surface area contributed by atoms with E-state index >= 15 is 0 Å². The van der Waals surface area contributed by atoms with E-state index in [0.29, 0.717) is 11.5 Å². The van der Waals surface area contributed by atoms with Gasteiger partial charge in [0.05, 0.1) is 9.82 Å². The minimum Gasteiger partial charge on any atom is -0.336 e. The Hall–Kier alpha value is -2.78. The van der Waals surface area contributed by atoms with Crippen molar-refractivity contribution in [2.75, 3.05) is 26.2 Å². The Morgan fingerprint density at radius 1 is 1.03 bits per heavy atom. The monoisotopic (exact) mass is 417 g/mol. The molecular weight excluding hydrogens is 394 g/mol. The van der Waals surface area contributed by atoms with Gasteiger partial charge < -0.3 is 4.90 Å². The summed E-state index contributed by atoms with van der Waals surface area (Å²) in [6.45, 7) is 4.97. The molecule has 3 rings (SSSR count). The van der Waals surface area contributed by atoms with Gasteiger partial charge >= 0.3 is 0 Å². The molecule has 1 aliphatic rings. The molecular formula is C20H23N3O5S. The number of piperazine rings is 1. The van der Waals surface area contributed by atoms with Crippen LogP contribution in [0, 0.1) is 10.1 Å². The van der Waals surface area contributed by atoms with Crippen molar-refractivity contribution in [2.45, 2.75) is 24.7 Å². The van der Waals surface area contributed by atoms with Gasteiger partial charge in [0.2, 0.25) is 10.0 Å². The lowest BCUT2D eigenvalue weighted by molar-refractivity contribution is -0.385. The Morgan fingerprint density at radius 2 is 1.66 bits per heavy atom. The van der Waals surface area contributed by atoms with E-state index in [-0.39, 0.29) is 42.7 Å². The normalized spacial score (nSPS) is 15.5. The van der Waals surface area contributed by atoms with E-state index < -0.39 is 14.9 Å². The molecule has 8 nitrogen and oxygen atoms in total. The van der Waals surface area contributed by atoms with Crippen LogP contribution in [-0.2, 0) is 10.0 Å². The number of amides is 1. The maximum Gasteiger partial charge on any atom is 0.270 e. The maximum atomic E-state index is 12.8. The van der Waals surface area contributed by atoms with Crippen molar-refractivity contribution in [1.29, 1.82) is 0 Å². The number of benzene rings is 2. The highest BCUT2D eigenvalue weighted by atomic mass is 32.2. The summed E-state index contributed by atoms with van der Waals surface area (Å²) in [7, 11) is -3.86. The summed E-state index contributed by atoms with van der Waals surface area (Å²) in [4.78, 5) is 24.5. The van der Waals surface area contributed by atoms with Gasteiger partial charge in [0, 0.05) is 43.9 Å². The number of carbonyl (C=O) groups is 1. The van der Waals surface area contributed by atoms with Crippen LogP contribution >= 0.6 is 0 Å². The van der Waals surface area contributed by atoms with Crippen LogP contribution in [0.3, 0.4) is 0 Å². The van der Waals surface area contributed by atoms with Crippen LogP contribution in [0.25, 0.3) is 0 Å². The first kappa shape index (κ1) is 20.9. The van der Waals surface area contributed by atoms with Crippen LogP contribution in [0.4, 0.5) is 5.69 Å². The van der Waals surface area contributed by atoms with Crippen molar-refractivity contribution in [3.05, 3.63) is 69.8 Å². The van der Waals surface area contributed by atoms with E-state index in [1.165, 1.54) is 22.5 Å². The predicted octanol–water partition coefficient (Wildman–Crippen LogP) is 2.86. The summed E-state index contributed by atoms with van der Waals surface area (Å²) in [5.74, 6) is 0.245. The van der Waals surface area contributed by atoms with Gasteiger partial charge in [-0.25, -0.2) is 8.42 Å². The summed E-state index contributed by atoms with van der Waals surface area (Å²) in [6.07, 6.45) is 0. The maximum absolute atomic E-state index is 12.8. The van der Waals surface area contributed by atoms with E-state index in [2.05, 4.69) is 13.8 Å². The van der Waals surface area contributed by atoms with Crippen molar-refractivity contribution in [2.24, 2.45) is 0 Å². The lowest BCUT2D eigenvalue weighted by Gasteiger charge is -2.34. The molecule has 29 heavy (non-hydrogen) atoms. The lowest BCUT2D eigenvalue weighted by atomic mass is 10.0. The lowest BCUT2D eigenvalue weighted by Crippen LogP contribution is -2.50. The van der Waals surface area contributed by atoms with Gasteiger partial charge in [-0.15, -0.1) is 0 Å². The molecule has 0 aliphatic carbocycles. The van der Waals surface area contributed by atoms with Gasteiger partial charge in [-0.1, -0.05) is 32.0 Å². The largest absolute Gasteiger partial charge is 0.336 e. The second-order valence-electron chi connectivity index (χ2n) is 7.23. The molecule has 9 heteroatoms. The zero-order chi connectivity index (χ0) is 21.2. The van der Waals surface area contributed by atoms with E-state index in [1.54, 1.807) is 17.0 Å². The Balaban J connectivity index is 1.68. The second-order valence-corrected chi connectivity index (χ2v) is 9.17. The van der Waals surface area contributed by atoms with Crippen LogP contribution in [0.5, 0.6) is 0 Å². The molecule has 1 heterocycles. The highest BCUT2D eigenvalue weighted by Crippen LogP contribution is 2.23. The Bertz CT molecular complexity index is 1010. The third-order valence-electron chi connectivity index (χ3n) is 5.02.